The van der Waals surface area contributed by atoms with Crippen LogP contribution in [0.25, 0.3) is 0 Å². The molecule has 1 N–H and O–H groups in total. The fourth-order valence-corrected chi connectivity index (χ4v) is 3.65. The Kier molecular flexibility index (Phi) is 4.82. The standard InChI is InChI=1S/C15H15F4N3S/c16-11-13(12(17)15(19)21-14(11)18)20-8-9(10-4-3-7-23-10)22-5-1-2-6-22/h3-4,7,9H,1-2,5-6,8H2,(H,20,21). The van der Waals surface area contributed by atoms with Crippen LogP contribution in [0.15, 0.2) is 17.5 Å². The summed E-state index contributed by atoms with van der Waals surface area (Å²) in [6, 6.07) is 3.74. The predicted molar refractivity (Wildman–Crippen MR) is 80.4 cm³/mol. The highest BCUT2D eigenvalue weighted by molar-refractivity contribution is 7.10. The summed E-state index contributed by atoms with van der Waals surface area (Å²) >= 11 is 1.54. The van der Waals surface area contributed by atoms with E-state index in [1.165, 1.54) is 11.3 Å². The molecule has 1 atom stereocenters. The highest BCUT2D eigenvalue weighted by Gasteiger charge is 2.26. The fraction of sp³-hybridized carbons (Fsp3) is 0.400. The van der Waals surface area contributed by atoms with E-state index in [1.807, 2.05) is 17.5 Å². The molecule has 0 bridgehead atoms. The van der Waals surface area contributed by atoms with Crippen molar-refractivity contribution in [2.24, 2.45) is 0 Å². The van der Waals surface area contributed by atoms with Crippen molar-refractivity contribution in [3.63, 3.8) is 0 Å². The van der Waals surface area contributed by atoms with E-state index in [9.17, 15) is 17.6 Å². The minimum absolute atomic E-state index is 0.101. The SMILES string of the molecule is Fc1nc(F)c(F)c(NCC(c2cccs2)N2CCCC2)c1F. The van der Waals surface area contributed by atoms with E-state index >= 15 is 0 Å². The number of anilines is 1. The first kappa shape index (κ1) is 16.2. The molecule has 1 aliphatic rings. The van der Waals surface area contributed by atoms with Crippen LogP contribution < -0.4 is 5.32 Å². The predicted octanol–water partition coefficient (Wildman–Crippen LogP) is 3.95. The van der Waals surface area contributed by atoms with Gasteiger partial charge in [0.2, 0.25) is 11.6 Å². The number of aromatic nitrogens is 1. The average Bonchev–Trinajstić information content (AvgIpc) is 3.22. The van der Waals surface area contributed by atoms with Gasteiger partial charge in [0.1, 0.15) is 5.69 Å². The van der Waals surface area contributed by atoms with E-state index < -0.39 is 29.2 Å². The lowest BCUT2D eigenvalue weighted by atomic mass is 10.2. The van der Waals surface area contributed by atoms with E-state index in [-0.39, 0.29) is 12.6 Å². The first-order valence-corrected chi connectivity index (χ1v) is 8.17. The van der Waals surface area contributed by atoms with Crippen LogP contribution in [0.3, 0.4) is 0 Å². The number of hydrogen-bond acceptors (Lipinski definition) is 4. The summed E-state index contributed by atoms with van der Waals surface area (Å²) < 4.78 is 53.7. The maximum Gasteiger partial charge on any atom is 0.253 e. The summed E-state index contributed by atoms with van der Waals surface area (Å²) in [6.07, 6.45) is 2.12. The number of likely N-dealkylation sites (tertiary alicyclic amines) is 1. The Morgan fingerprint density at radius 2 is 1.78 bits per heavy atom. The molecule has 3 nitrogen and oxygen atoms in total. The van der Waals surface area contributed by atoms with Gasteiger partial charge in [-0.05, 0) is 37.4 Å². The Morgan fingerprint density at radius 1 is 1.13 bits per heavy atom. The van der Waals surface area contributed by atoms with Crippen LogP contribution in [0.4, 0.5) is 23.2 Å². The molecule has 0 spiro atoms. The molecule has 1 fully saturated rings. The van der Waals surface area contributed by atoms with E-state index in [0.29, 0.717) is 0 Å². The van der Waals surface area contributed by atoms with Crippen LogP contribution in [-0.4, -0.2) is 29.5 Å². The number of thiophene rings is 1. The third-order valence-corrected chi connectivity index (χ3v) is 4.90. The van der Waals surface area contributed by atoms with Crippen LogP contribution in [0.2, 0.25) is 0 Å². The highest BCUT2D eigenvalue weighted by Crippen LogP contribution is 2.30. The Balaban J connectivity index is 1.82. The Morgan fingerprint density at radius 3 is 2.35 bits per heavy atom. The molecule has 0 aromatic carbocycles. The normalized spacial score (nSPS) is 16.7. The van der Waals surface area contributed by atoms with Gasteiger partial charge >= 0.3 is 0 Å². The second-order valence-corrected chi connectivity index (χ2v) is 6.33. The number of hydrogen-bond donors (Lipinski definition) is 1. The van der Waals surface area contributed by atoms with E-state index in [0.717, 1.165) is 30.8 Å². The van der Waals surface area contributed by atoms with Crippen molar-refractivity contribution in [1.82, 2.24) is 9.88 Å². The molecule has 0 radical (unpaired) electrons. The van der Waals surface area contributed by atoms with Crippen molar-refractivity contribution in [2.75, 3.05) is 25.0 Å². The molecule has 8 heteroatoms. The molecule has 0 saturated carbocycles. The van der Waals surface area contributed by atoms with E-state index in [2.05, 4.69) is 15.2 Å². The van der Waals surface area contributed by atoms with Crippen LogP contribution in [0.1, 0.15) is 23.8 Å². The van der Waals surface area contributed by atoms with Crippen molar-refractivity contribution in [3.05, 3.63) is 45.9 Å². The number of nitrogens with one attached hydrogen (secondary N) is 1. The summed E-state index contributed by atoms with van der Waals surface area (Å²) in [5, 5.41) is 4.45. The minimum Gasteiger partial charge on any atom is -0.378 e. The molecule has 1 aliphatic heterocycles. The zero-order valence-corrected chi connectivity index (χ0v) is 13.0. The van der Waals surface area contributed by atoms with Gasteiger partial charge in [0, 0.05) is 11.4 Å². The maximum atomic E-state index is 13.7. The van der Waals surface area contributed by atoms with Gasteiger partial charge in [0.15, 0.2) is 0 Å². The lowest BCUT2D eigenvalue weighted by molar-refractivity contribution is 0.259. The van der Waals surface area contributed by atoms with E-state index in [1.54, 1.807) is 0 Å². The van der Waals surface area contributed by atoms with Gasteiger partial charge in [-0.2, -0.15) is 22.5 Å². The fourth-order valence-electron chi connectivity index (χ4n) is 2.78. The number of halogens is 4. The van der Waals surface area contributed by atoms with Gasteiger partial charge < -0.3 is 5.32 Å². The minimum atomic E-state index is -1.65. The maximum absolute atomic E-state index is 13.7. The van der Waals surface area contributed by atoms with E-state index in [4.69, 9.17) is 0 Å². The van der Waals surface area contributed by atoms with Crippen LogP contribution in [0.5, 0.6) is 0 Å². The van der Waals surface area contributed by atoms with Crippen molar-refractivity contribution < 1.29 is 17.6 Å². The van der Waals surface area contributed by atoms with Crippen LogP contribution in [-0.2, 0) is 0 Å². The zero-order valence-electron chi connectivity index (χ0n) is 12.2. The van der Waals surface area contributed by atoms with Gasteiger partial charge in [-0.3, -0.25) is 4.90 Å². The molecule has 2 aromatic heterocycles. The second-order valence-electron chi connectivity index (χ2n) is 5.35. The molecular formula is C15H15F4N3S. The molecule has 3 heterocycles. The molecule has 0 aliphatic carbocycles. The largest absolute Gasteiger partial charge is 0.378 e. The monoisotopic (exact) mass is 345 g/mol. The molecular weight excluding hydrogens is 330 g/mol. The Labute approximate surface area is 135 Å². The molecule has 23 heavy (non-hydrogen) atoms. The quantitative estimate of drug-likeness (QED) is 0.657. The lowest BCUT2D eigenvalue weighted by Crippen LogP contribution is -2.31. The zero-order chi connectivity index (χ0) is 16.4. The summed E-state index contributed by atoms with van der Waals surface area (Å²) in [7, 11) is 0. The molecule has 0 amide bonds. The Hall–Kier alpha value is -1.67. The van der Waals surface area contributed by atoms with Crippen LogP contribution >= 0.6 is 11.3 Å². The smallest absolute Gasteiger partial charge is 0.253 e. The molecule has 2 aromatic rings. The topological polar surface area (TPSA) is 28.2 Å². The third kappa shape index (κ3) is 3.32. The molecule has 3 rings (SSSR count). The summed E-state index contributed by atoms with van der Waals surface area (Å²) in [4.78, 5) is 5.79. The van der Waals surface area contributed by atoms with Gasteiger partial charge in [-0.1, -0.05) is 6.07 Å². The number of rotatable bonds is 5. The van der Waals surface area contributed by atoms with Gasteiger partial charge in [-0.25, -0.2) is 0 Å². The van der Waals surface area contributed by atoms with Crippen molar-refractivity contribution >= 4 is 17.0 Å². The van der Waals surface area contributed by atoms with Crippen molar-refractivity contribution in [3.8, 4) is 0 Å². The van der Waals surface area contributed by atoms with Gasteiger partial charge in [0.05, 0.1) is 6.04 Å². The third-order valence-electron chi connectivity index (χ3n) is 3.92. The number of nitrogens with zero attached hydrogens (tertiary/aromatic N) is 2. The summed E-state index contributed by atoms with van der Waals surface area (Å²) in [5.41, 5.74) is -0.809. The summed E-state index contributed by atoms with van der Waals surface area (Å²) in [5.74, 6) is -6.31. The second kappa shape index (κ2) is 6.84. The molecule has 1 saturated heterocycles. The highest BCUT2D eigenvalue weighted by atomic mass is 32.1. The first-order valence-electron chi connectivity index (χ1n) is 7.29. The van der Waals surface area contributed by atoms with Crippen LogP contribution in [0, 0.1) is 23.5 Å². The lowest BCUT2D eigenvalue weighted by Gasteiger charge is -2.27. The molecule has 1 unspecified atom stereocenters. The van der Waals surface area contributed by atoms with Gasteiger partial charge in [0.25, 0.3) is 11.9 Å². The molecule has 124 valence electrons. The van der Waals surface area contributed by atoms with Crippen molar-refractivity contribution in [2.45, 2.75) is 18.9 Å². The number of pyridine rings is 1. The Bertz CT molecular complexity index is 646. The van der Waals surface area contributed by atoms with Gasteiger partial charge in [-0.15, -0.1) is 11.3 Å². The van der Waals surface area contributed by atoms with Crippen molar-refractivity contribution in [1.29, 1.82) is 0 Å². The first-order chi connectivity index (χ1) is 11.1. The average molecular weight is 345 g/mol. The summed E-state index contributed by atoms with van der Waals surface area (Å²) in [6.45, 7) is 1.92.